The fourth-order valence-corrected chi connectivity index (χ4v) is 2.91. The van der Waals surface area contributed by atoms with E-state index in [1.165, 1.54) is 6.42 Å². The molecule has 106 valence electrons. The fraction of sp³-hybridized carbons (Fsp3) is 0.714. The first kappa shape index (κ1) is 14.4. The zero-order chi connectivity index (χ0) is 14.0. The molecule has 5 heteroatoms. The number of alkyl halides is 1. The van der Waals surface area contributed by atoms with E-state index in [4.69, 9.17) is 11.6 Å². The Labute approximate surface area is 119 Å². The van der Waals surface area contributed by atoms with Gasteiger partial charge in [0.05, 0.1) is 0 Å². The summed E-state index contributed by atoms with van der Waals surface area (Å²) in [7, 11) is 1.86. The van der Waals surface area contributed by atoms with Crippen molar-refractivity contribution in [2.24, 2.45) is 7.05 Å². The van der Waals surface area contributed by atoms with Crippen LogP contribution in [0, 0.1) is 6.92 Å². The Kier molecular flexibility index (Phi) is 4.50. The number of nitrogens with zero attached hydrogens (tertiary/aromatic N) is 3. The minimum atomic E-state index is 0.0470. The maximum Gasteiger partial charge on any atom is 0.274 e. The molecule has 1 aromatic heterocycles. The van der Waals surface area contributed by atoms with Gasteiger partial charge in [-0.15, -0.1) is 11.6 Å². The number of carbonyl (C=O) groups is 1. The fourth-order valence-electron chi connectivity index (χ4n) is 2.70. The molecular formula is C14H22ClN3O. The molecule has 1 amide bonds. The van der Waals surface area contributed by atoms with Crippen molar-refractivity contribution in [2.75, 3.05) is 6.54 Å². The van der Waals surface area contributed by atoms with Crippen LogP contribution in [0.15, 0.2) is 6.07 Å². The summed E-state index contributed by atoms with van der Waals surface area (Å²) in [6, 6.07) is 2.12. The number of hydrogen-bond donors (Lipinski definition) is 0. The van der Waals surface area contributed by atoms with Crippen LogP contribution in [-0.2, 0) is 7.05 Å². The molecule has 0 aliphatic carbocycles. The average Bonchev–Trinajstić information content (AvgIpc) is 2.69. The SMILES string of the molecule is Cc1cc(C(=O)N2CCCCC2CC(C)Cl)nn1C. The van der Waals surface area contributed by atoms with Gasteiger partial charge in [-0.25, -0.2) is 0 Å². The quantitative estimate of drug-likeness (QED) is 0.800. The number of aryl methyl sites for hydroxylation is 2. The van der Waals surface area contributed by atoms with E-state index in [1.807, 2.05) is 31.9 Å². The van der Waals surface area contributed by atoms with Crippen LogP contribution < -0.4 is 0 Å². The predicted molar refractivity (Wildman–Crippen MR) is 76.6 cm³/mol. The molecule has 2 heterocycles. The Balaban J connectivity index is 2.15. The molecule has 1 aromatic rings. The maximum atomic E-state index is 12.6. The summed E-state index contributed by atoms with van der Waals surface area (Å²) in [6.45, 7) is 4.77. The Morgan fingerprint density at radius 2 is 2.32 bits per heavy atom. The van der Waals surface area contributed by atoms with Gasteiger partial charge in [-0.3, -0.25) is 9.48 Å². The van der Waals surface area contributed by atoms with Crippen molar-refractivity contribution in [1.29, 1.82) is 0 Å². The number of likely N-dealkylation sites (tertiary alicyclic amines) is 1. The Morgan fingerprint density at radius 3 is 2.89 bits per heavy atom. The molecule has 0 N–H and O–H groups in total. The lowest BCUT2D eigenvalue weighted by Crippen LogP contribution is -2.44. The van der Waals surface area contributed by atoms with Crippen LogP contribution in [0.1, 0.15) is 48.8 Å². The molecule has 2 rings (SSSR count). The van der Waals surface area contributed by atoms with Gasteiger partial charge >= 0.3 is 0 Å². The van der Waals surface area contributed by atoms with Crippen molar-refractivity contribution in [3.63, 3.8) is 0 Å². The van der Waals surface area contributed by atoms with Crippen LogP contribution in [0.2, 0.25) is 0 Å². The minimum absolute atomic E-state index is 0.0470. The highest BCUT2D eigenvalue weighted by molar-refractivity contribution is 6.20. The average molecular weight is 284 g/mol. The number of carbonyl (C=O) groups excluding carboxylic acids is 1. The third-order valence-corrected chi connectivity index (χ3v) is 4.00. The Morgan fingerprint density at radius 1 is 1.58 bits per heavy atom. The van der Waals surface area contributed by atoms with Crippen molar-refractivity contribution in [2.45, 2.75) is 50.9 Å². The smallest absolute Gasteiger partial charge is 0.274 e. The van der Waals surface area contributed by atoms with Crippen LogP contribution in [-0.4, -0.2) is 38.6 Å². The van der Waals surface area contributed by atoms with Gasteiger partial charge in [-0.2, -0.15) is 5.10 Å². The molecule has 1 fully saturated rings. The second kappa shape index (κ2) is 5.95. The molecule has 1 aliphatic rings. The summed E-state index contributed by atoms with van der Waals surface area (Å²) in [5.74, 6) is 0.0470. The third kappa shape index (κ3) is 3.30. The van der Waals surface area contributed by atoms with E-state index in [0.29, 0.717) is 5.69 Å². The molecule has 1 saturated heterocycles. The third-order valence-electron chi connectivity index (χ3n) is 3.82. The molecule has 0 spiro atoms. The number of amides is 1. The lowest BCUT2D eigenvalue weighted by atomic mass is 9.97. The summed E-state index contributed by atoms with van der Waals surface area (Å²) in [6.07, 6.45) is 4.16. The molecule has 0 aromatic carbocycles. The van der Waals surface area contributed by atoms with E-state index in [0.717, 1.165) is 31.5 Å². The molecular weight excluding hydrogens is 262 g/mol. The van der Waals surface area contributed by atoms with E-state index in [1.54, 1.807) is 4.68 Å². The van der Waals surface area contributed by atoms with E-state index >= 15 is 0 Å². The topological polar surface area (TPSA) is 38.1 Å². The van der Waals surface area contributed by atoms with Crippen LogP contribution in [0.3, 0.4) is 0 Å². The Hall–Kier alpha value is -1.03. The van der Waals surface area contributed by atoms with E-state index in [-0.39, 0.29) is 17.3 Å². The van der Waals surface area contributed by atoms with Crippen LogP contribution in [0.5, 0.6) is 0 Å². The van der Waals surface area contributed by atoms with Crippen molar-refractivity contribution in [3.8, 4) is 0 Å². The lowest BCUT2D eigenvalue weighted by molar-refractivity contribution is 0.0595. The molecule has 0 saturated carbocycles. The Bertz CT molecular complexity index is 436. The number of aromatic nitrogens is 2. The standard InChI is InChI=1S/C14H22ClN3O/c1-10(15)8-12-6-4-5-7-18(12)14(19)13-9-11(2)17(3)16-13/h9-10,12H,4-8H2,1-3H3. The highest BCUT2D eigenvalue weighted by Crippen LogP contribution is 2.24. The van der Waals surface area contributed by atoms with Gasteiger partial charge in [0.2, 0.25) is 0 Å². The highest BCUT2D eigenvalue weighted by Gasteiger charge is 2.29. The number of rotatable bonds is 3. The van der Waals surface area contributed by atoms with Crippen molar-refractivity contribution >= 4 is 17.5 Å². The molecule has 2 unspecified atom stereocenters. The molecule has 19 heavy (non-hydrogen) atoms. The zero-order valence-corrected chi connectivity index (χ0v) is 12.7. The second-order valence-corrected chi connectivity index (χ2v) is 6.20. The first-order valence-corrected chi connectivity index (χ1v) is 7.38. The monoisotopic (exact) mass is 283 g/mol. The molecule has 4 nitrogen and oxygen atoms in total. The van der Waals surface area contributed by atoms with Gasteiger partial charge in [0, 0.05) is 30.7 Å². The van der Waals surface area contributed by atoms with Crippen molar-refractivity contribution in [1.82, 2.24) is 14.7 Å². The first-order chi connectivity index (χ1) is 8.99. The molecule has 0 bridgehead atoms. The normalized spacial score (nSPS) is 21.5. The van der Waals surface area contributed by atoms with Crippen LogP contribution in [0.4, 0.5) is 0 Å². The van der Waals surface area contributed by atoms with Crippen LogP contribution >= 0.6 is 11.6 Å². The van der Waals surface area contributed by atoms with E-state index in [2.05, 4.69) is 5.10 Å². The number of halogens is 1. The maximum absolute atomic E-state index is 12.6. The summed E-state index contributed by atoms with van der Waals surface area (Å²) in [5, 5.41) is 4.39. The largest absolute Gasteiger partial charge is 0.334 e. The summed E-state index contributed by atoms with van der Waals surface area (Å²) >= 11 is 6.10. The van der Waals surface area contributed by atoms with Gasteiger partial charge in [0.1, 0.15) is 0 Å². The second-order valence-electron chi connectivity index (χ2n) is 5.46. The molecule has 2 atom stereocenters. The van der Waals surface area contributed by atoms with E-state index < -0.39 is 0 Å². The number of hydrogen-bond acceptors (Lipinski definition) is 2. The van der Waals surface area contributed by atoms with E-state index in [9.17, 15) is 4.79 Å². The predicted octanol–water partition coefficient (Wildman–Crippen LogP) is 2.74. The lowest BCUT2D eigenvalue weighted by Gasteiger charge is -2.36. The molecule has 1 aliphatic heterocycles. The first-order valence-electron chi connectivity index (χ1n) is 6.94. The molecule has 0 radical (unpaired) electrons. The zero-order valence-electron chi connectivity index (χ0n) is 11.9. The van der Waals surface area contributed by atoms with Gasteiger partial charge in [-0.05, 0) is 45.6 Å². The minimum Gasteiger partial charge on any atom is -0.334 e. The van der Waals surface area contributed by atoms with Gasteiger partial charge in [0.15, 0.2) is 5.69 Å². The number of piperidine rings is 1. The van der Waals surface area contributed by atoms with Gasteiger partial charge in [-0.1, -0.05) is 0 Å². The van der Waals surface area contributed by atoms with Crippen molar-refractivity contribution < 1.29 is 4.79 Å². The van der Waals surface area contributed by atoms with Crippen molar-refractivity contribution in [3.05, 3.63) is 17.5 Å². The van der Waals surface area contributed by atoms with Crippen LogP contribution in [0.25, 0.3) is 0 Å². The summed E-state index contributed by atoms with van der Waals surface area (Å²) < 4.78 is 1.75. The highest BCUT2D eigenvalue weighted by atomic mass is 35.5. The van der Waals surface area contributed by atoms with Gasteiger partial charge < -0.3 is 4.90 Å². The van der Waals surface area contributed by atoms with Gasteiger partial charge in [0.25, 0.3) is 5.91 Å². The summed E-state index contributed by atoms with van der Waals surface area (Å²) in [4.78, 5) is 14.5. The summed E-state index contributed by atoms with van der Waals surface area (Å²) in [5.41, 5.74) is 1.55.